The zero-order valence-electron chi connectivity index (χ0n) is 25.3. The molecule has 0 saturated heterocycles. The summed E-state index contributed by atoms with van der Waals surface area (Å²) in [4.78, 5) is 29.4. The molecule has 0 bridgehead atoms. The van der Waals surface area contributed by atoms with Gasteiger partial charge >= 0.3 is 0 Å². The van der Waals surface area contributed by atoms with Gasteiger partial charge in [-0.2, -0.15) is 0 Å². The molecule has 0 aliphatic rings. The maximum atomic E-state index is 14.2. The summed E-state index contributed by atoms with van der Waals surface area (Å²) in [6, 6.07) is 22.8. The zero-order chi connectivity index (χ0) is 31.1. The Morgan fingerprint density at radius 2 is 1.55 bits per heavy atom. The predicted octanol–water partition coefficient (Wildman–Crippen LogP) is 5.96. The summed E-state index contributed by atoms with van der Waals surface area (Å²) in [7, 11) is -3.84. The number of rotatable bonds is 12. The smallest absolute Gasteiger partial charge is 0.244 e. The van der Waals surface area contributed by atoms with E-state index < -0.39 is 28.5 Å². The number of amides is 2. The van der Waals surface area contributed by atoms with Crippen molar-refractivity contribution in [1.82, 2.24) is 10.2 Å². The van der Waals surface area contributed by atoms with E-state index in [2.05, 4.69) is 26.1 Å². The summed E-state index contributed by atoms with van der Waals surface area (Å²) in [6.45, 7) is 9.72. The van der Waals surface area contributed by atoms with Crippen molar-refractivity contribution in [1.29, 1.82) is 0 Å². The topological polar surface area (TPSA) is 86.8 Å². The summed E-state index contributed by atoms with van der Waals surface area (Å²) in [6.07, 6.45) is 2.06. The van der Waals surface area contributed by atoms with Gasteiger partial charge in [0.15, 0.2) is 0 Å². The van der Waals surface area contributed by atoms with Crippen molar-refractivity contribution in [2.75, 3.05) is 17.1 Å². The lowest BCUT2D eigenvalue weighted by atomic mass is 9.87. The molecule has 226 valence electrons. The van der Waals surface area contributed by atoms with Gasteiger partial charge in [-0.3, -0.25) is 13.9 Å². The van der Waals surface area contributed by atoms with Gasteiger partial charge in [0.2, 0.25) is 21.8 Å². The Bertz CT molecular complexity index is 1450. The minimum Gasteiger partial charge on any atom is -0.352 e. The number of benzene rings is 3. The van der Waals surface area contributed by atoms with E-state index in [1.165, 1.54) is 4.90 Å². The Kier molecular flexibility index (Phi) is 11.2. The Morgan fingerprint density at radius 3 is 2.10 bits per heavy atom. The van der Waals surface area contributed by atoms with Crippen LogP contribution in [0.25, 0.3) is 0 Å². The molecule has 7 nitrogen and oxygen atoms in total. The number of halogens is 1. The SMILES string of the molecule is CC[C@H](C)NC(=O)[C@H](Cc1ccccc1)N(Cc1cccc(Cl)c1)C(=O)CN(c1ccc(C(C)(C)C)cc1)S(C)(=O)=O. The van der Waals surface area contributed by atoms with Crippen molar-refractivity contribution in [3.8, 4) is 0 Å². The highest BCUT2D eigenvalue weighted by molar-refractivity contribution is 7.92. The van der Waals surface area contributed by atoms with E-state index in [0.717, 1.165) is 33.7 Å². The quantitative estimate of drug-likeness (QED) is 0.274. The third-order valence-electron chi connectivity index (χ3n) is 7.21. The molecule has 0 aromatic heterocycles. The number of anilines is 1. The normalized spacial score (nSPS) is 13.2. The van der Waals surface area contributed by atoms with Gasteiger partial charge in [0.1, 0.15) is 12.6 Å². The van der Waals surface area contributed by atoms with Gasteiger partial charge < -0.3 is 10.2 Å². The number of nitrogens with one attached hydrogen (secondary N) is 1. The maximum Gasteiger partial charge on any atom is 0.244 e. The fraction of sp³-hybridized carbons (Fsp3) is 0.394. The van der Waals surface area contributed by atoms with Gasteiger partial charge in [0, 0.05) is 24.0 Å². The molecular weight excluding hydrogens is 570 g/mol. The van der Waals surface area contributed by atoms with E-state index in [4.69, 9.17) is 11.6 Å². The second-order valence-electron chi connectivity index (χ2n) is 11.7. The van der Waals surface area contributed by atoms with Crippen molar-refractivity contribution in [2.24, 2.45) is 0 Å². The van der Waals surface area contributed by atoms with Crippen LogP contribution in [-0.4, -0.2) is 50.0 Å². The third kappa shape index (κ3) is 9.33. The van der Waals surface area contributed by atoms with E-state index in [-0.39, 0.29) is 30.3 Å². The molecule has 1 N–H and O–H groups in total. The Balaban J connectivity index is 2.06. The van der Waals surface area contributed by atoms with Crippen LogP contribution in [0.15, 0.2) is 78.9 Å². The van der Waals surface area contributed by atoms with Gasteiger partial charge in [0.25, 0.3) is 0 Å². The summed E-state index contributed by atoms with van der Waals surface area (Å²) < 4.78 is 27.1. The van der Waals surface area contributed by atoms with Crippen LogP contribution in [-0.2, 0) is 38.0 Å². The first-order valence-electron chi connectivity index (χ1n) is 14.2. The van der Waals surface area contributed by atoms with E-state index >= 15 is 0 Å². The molecule has 3 rings (SSSR count). The lowest BCUT2D eigenvalue weighted by Crippen LogP contribution is -2.54. The second kappa shape index (κ2) is 14.2. The first-order valence-corrected chi connectivity index (χ1v) is 16.4. The summed E-state index contributed by atoms with van der Waals surface area (Å²) in [5.41, 5.74) is 2.91. The van der Waals surface area contributed by atoms with E-state index in [9.17, 15) is 18.0 Å². The molecule has 9 heteroatoms. The average molecular weight is 612 g/mol. The molecule has 2 atom stereocenters. The molecule has 3 aromatic rings. The molecule has 0 aliphatic carbocycles. The fourth-order valence-corrected chi connectivity index (χ4v) is 5.63. The molecule has 0 unspecified atom stereocenters. The van der Waals surface area contributed by atoms with Gasteiger partial charge in [0.05, 0.1) is 11.9 Å². The highest BCUT2D eigenvalue weighted by atomic mass is 35.5. The monoisotopic (exact) mass is 611 g/mol. The Morgan fingerprint density at radius 1 is 0.929 bits per heavy atom. The lowest BCUT2D eigenvalue weighted by molar-refractivity contribution is -0.140. The van der Waals surface area contributed by atoms with Gasteiger partial charge in [-0.05, 0) is 59.7 Å². The van der Waals surface area contributed by atoms with Gasteiger partial charge in [-0.15, -0.1) is 0 Å². The second-order valence-corrected chi connectivity index (χ2v) is 14.1. The number of hydrogen-bond acceptors (Lipinski definition) is 4. The van der Waals surface area contributed by atoms with Crippen LogP contribution in [0.4, 0.5) is 5.69 Å². The Hall–Kier alpha value is -3.36. The van der Waals surface area contributed by atoms with Crippen molar-refractivity contribution < 1.29 is 18.0 Å². The standard InChI is InChI=1S/C33H42ClN3O4S/c1-7-24(2)35-32(39)30(21-25-12-9-8-10-13-25)36(22-26-14-11-15-28(34)20-26)31(38)23-37(42(6,40)41)29-18-16-27(17-19-29)33(3,4)5/h8-20,24,30H,7,21-23H2,1-6H3,(H,35,39)/t24-,30-/m0/s1. The average Bonchev–Trinajstić information content (AvgIpc) is 2.93. The molecule has 2 amide bonds. The zero-order valence-corrected chi connectivity index (χ0v) is 26.9. The van der Waals surface area contributed by atoms with Crippen LogP contribution in [0.5, 0.6) is 0 Å². The first-order chi connectivity index (χ1) is 19.7. The van der Waals surface area contributed by atoms with Crippen molar-refractivity contribution >= 4 is 39.1 Å². The summed E-state index contributed by atoms with van der Waals surface area (Å²) >= 11 is 6.27. The maximum absolute atomic E-state index is 14.2. The molecular formula is C33H42ClN3O4S. The Labute approximate surface area is 255 Å². The van der Waals surface area contributed by atoms with E-state index in [1.807, 2.05) is 62.4 Å². The van der Waals surface area contributed by atoms with E-state index in [1.54, 1.807) is 30.3 Å². The van der Waals surface area contributed by atoms with Crippen molar-refractivity contribution in [2.45, 2.75) is 71.5 Å². The van der Waals surface area contributed by atoms with Gasteiger partial charge in [-0.1, -0.05) is 93.9 Å². The highest BCUT2D eigenvalue weighted by Gasteiger charge is 2.33. The van der Waals surface area contributed by atoms with Crippen LogP contribution < -0.4 is 9.62 Å². The van der Waals surface area contributed by atoms with Crippen molar-refractivity contribution in [3.05, 3.63) is 101 Å². The lowest BCUT2D eigenvalue weighted by Gasteiger charge is -2.34. The number of carbonyl (C=O) groups excluding carboxylic acids is 2. The van der Waals surface area contributed by atoms with Crippen LogP contribution in [0.1, 0.15) is 57.7 Å². The molecule has 0 radical (unpaired) electrons. The molecule has 0 saturated carbocycles. The number of nitrogens with zero attached hydrogens (tertiary/aromatic N) is 2. The van der Waals surface area contributed by atoms with Crippen LogP contribution in [0, 0.1) is 0 Å². The fourth-order valence-electron chi connectivity index (χ4n) is 4.57. The van der Waals surface area contributed by atoms with Crippen LogP contribution >= 0.6 is 11.6 Å². The number of hydrogen-bond donors (Lipinski definition) is 1. The predicted molar refractivity (Wildman–Crippen MR) is 171 cm³/mol. The van der Waals surface area contributed by atoms with Crippen LogP contribution in [0.3, 0.4) is 0 Å². The molecule has 3 aromatic carbocycles. The number of sulfonamides is 1. The molecule has 0 heterocycles. The summed E-state index contributed by atoms with van der Waals surface area (Å²) in [5, 5.41) is 3.53. The first kappa shape index (κ1) is 33.1. The highest BCUT2D eigenvalue weighted by Crippen LogP contribution is 2.26. The largest absolute Gasteiger partial charge is 0.352 e. The molecule has 0 aliphatic heterocycles. The van der Waals surface area contributed by atoms with E-state index in [0.29, 0.717) is 10.7 Å². The third-order valence-corrected chi connectivity index (χ3v) is 8.59. The van der Waals surface area contributed by atoms with Crippen molar-refractivity contribution in [3.63, 3.8) is 0 Å². The minimum atomic E-state index is -3.84. The van der Waals surface area contributed by atoms with Crippen LogP contribution in [0.2, 0.25) is 5.02 Å². The minimum absolute atomic E-state index is 0.0748. The summed E-state index contributed by atoms with van der Waals surface area (Å²) in [5.74, 6) is -0.801. The molecule has 42 heavy (non-hydrogen) atoms. The number of carbonyl (C=O) groups is 2. The molecule has 0 fully saturated rings. The molecule has 0 spiro atoms. The van der Waals surface area contributed by atoms with Gasteiger partial charge in [-0.25, -0.2) is 8.42 Å².